The van der Waals surface area contributed by atoms with Gasteiger partial charge in [-0.25, -0.2) is 15.0 Å². The Morgan fingerprint density at radius 1 is 1.30 bits per heavy atom. The van der Waals surface area contributed by atoms with E-state index < -0.39 is 5.92 Å². The van der Waals surface area contributed by atoms with Crippen molar-refractivity contribution in [2.24, 2.45) is 5.92 Å². The van der Waals surface area contributed by atoms with E-state index >= 15 is 0 Å². The van der Waals surface area contributed by atoms with Gasteiger partial charge in [-0.15, -0.1) is 0 Å². The lowest BCUT2D eigenvalue weighted by atomic mass is 9.97. The number of likely N-dealkylation sites (tertiary alicyclic amines) is 1. The van der Waals surface area contributed by atoms with Gasteiger partial charge in [-0.3, -0.25) is 9.69 Å². The summed E-state index contributed by atoms with van der Waals surface area (Å²) in [5.41, 5.74) is 2.78. The van der Waals surface area contributed by atoms with Crippen LogP contribution in [0.2, 0.25) is 0 Å². The number of carbonyl (C=O) groups excluding carboxylic acids is 1. The third kappa shape index (κ3) is 5.29. The number of amides is 1. The lowest BCUT2D eigenvalue weighted by Gasteiger charge is -2.32. The van der Waals surface area contributed by atoms with Crippen molar-refractivity contribution in [1.29, 1.82) is 5.26 Å². The number of hydrogen-bond donors (Lipinski definition) is 1. The second-order valence-corrected chi connectivity index (χ2v) is 8.73. The molecule has 1 aromatic carbocycles. The van der Waals surface area contributed by atoms with E-state index in [0.29, 0.717) is 35.6 Å². The minimum atomic E-state index is -0.710. The van der Waals surface area contributed by atoms with Crippen LogP contribution < -0.4 is 5.32 Å². The van der Waals surface area contributed by atoms with Crippen LogP contribution in [0.4, 0.5) is 5.95 Å². The number of nitrogens with one attached hydrogen (secondary N) is 1. The van der Waals surface area contributed by atoms with Crippen molar-refractivity contribution in [1.82, 2.24) is 24.8 Å². The van der Waals surface area contributed by atoms with E-state index in [9.17, 15) is 10.1 Å². The molecule has 0 saturated carbocycles. The molecule has 3 aromatic rings. The Bertz CT molecular complexity index is 1130. The van der Waals surface area contributed by atoms with E-state index in [1.54, 1.807) is 25.2 Å². The molecule has 0 aliphatic carbocycles. The fourth-order valence-electron chi connectivity index (χ4n) is 4.00. The number of para-hydroxylation sites is 2. The van der Waals surface area contributed by atoms with Crippen LogP contribution in [0.25, 0.3) is 11.1 Å². The fraction of sp³-hybridized carbons (Fsp3) is 0.458. The third-order valence-corrected chi connectivity index (χ3v) is 6.08. The van der Waals surface area contributed by atoms with Crippen molar-refractivity contribution in [3.05, 3.63) is 47.6 Å². The van der Waals surface area contributed by atoms with Gasteiger partial charge in [-0.05, 0) is 56.5 Å². The normalized spacial score (nSPS) is 15.8. The zero-order valence-corrected chi connectivity index (χ0v) is 19.3. The first-order valence-corrected chi connectivity index (χ1v) is 11.2. The number of nitrogens with zero attached hydrogens (tertiary/aromatic N) is 6. The summed E-state index contributed by atoms with van der Waals surface area (Å²) in [5, 5.41) is 13.2. The van der Waals surface area contributed by atoms with Crippen LogP contribution in [0.1, 0.15) is 35.9 Å². The summed E-state index contributed by atoms with van der Waals surface area (Å²) in [6.07, 6.45) is 3.75. The molecule has 1 saturated heterocycles. The summed E-state index contributed by atoms with van der Waals surface area (Å²) >= 11 is 0. The zero-order valence-electron chi connectivity index (χ0n) is 19.3. The highest BCUT2D eigenvalue weighted by molar-refractivity contribution is 5.77. The number of rotatable bonds is 7. The van der Waals surface area contributed by atoms with Crippen LogP contribution in [0.3, 0.4) is 0 Å². The largest absolute Gasteiger partial charge is 0.439 e. The Morgan fingerprint density at radius 3 is 2.76 bits per heavy atom. The number of hydrogen-bond acceptors (Lipinski definition) is 8. The molecule has 9 nitrogen and oxygen atoms in total. The van der Waals surface area contributed by atoms with E-state index in [0.717, 1.165) is 43.6 Å². The molecule has 1 amide bonds. The van der Waals surface area contributed by atoms with Gasteiger partial charge in [0.05, 0.1) is 18.3 Å². The number of carbonyl (C=O) groups is 1. The van der Waals surface area contributed by atoms with E-state index in [1.807, 2.05) is 31.2 Å². The molecule has 1 aliphatic heterocycles. The van der Waals surface area contributed by atoms with E-state index in [-0.39, 0.29) is 5.91 Å². The maximum Gasteiger partial charge on any atom is 0.236 e. The summed E-state index contributed by atoms with van der Waals surface area (Å²) in [7, 11) is 3.58. The number of benzene rings is 1. The van der Waals surface area contributed by atoms with Crippen LogP contribution in [-0.2, 0) is 4.79 Å². The Morgan fingerprint density at radius 2 is 2.06 bits per heavy atom. The average Bonchev–Trinajstić information content (AvgIpc) is 3.24. The molecule has 33 heavy (non-hydrogen) atoms. The maximum absolute atomic E-state index is 11.9. The SMILES string of the molecule is Cc1cnc(NCC2CCN(CC(=O)N(C)C)CC2)nc1C(C#N)c1nc2ccccc2o1. The fourth-order valence-corrected chi connectivity index (χ4v) is 4.00. The number of fused-ring (bicyclic) bond motifs is 1. The van der Waals surface area contributed by atoms with Gasteiger partial charge in [-0.2, -0.15) is 5.26 Å². The molecule has 4 rings (SSSR count). The molecular formula is C24H29N7O2. The van der Waals surface area contributed by atoms with Gasteiger partial charge in [0.25, 0.3) is 0 Å². The van der Waals surface area contributed by atoms with Crippen molar-refractivity contribution in [2.75, 3.05) is 45.6 Å². The van der Waals surface area contributed by atoms with E-state index in [1.165, 1.54) is 0 Å². The Hall–Kier alpha value is -3.51. The summed E-state index contributed by atoms with van der Waals surface area (Å²) in [6.45, 7) is 4.91. The highest BCUT2D eigenvalue weighted by Gasteiger charge is 2.25. The highest BCUT2D eigenvalue weighted by Crippen LogP contribution is 2.28. The summed E-state index contributed by atoms with van der Waals surface area (Å²) in [4.78, 5) is 29.3. The monoisotopic (exact) mass is 447 g/mol. The number of nitriles is 1. The molecule has 9 heteroatoms. The predicted molar refractivity (Wildman–Crippen MR) is 125 cm³/mol. The van der Waals surface area contributed by atoms with Crippen molar-refractivity contribution in [3.8, 4) is 6.07 Å². The Kier molecular flexibility index (Phi) is 6.84. The second kappa shape index (κ2) is 9.96. The predicted octanol–water partition coefficient (Wildman–Crippen LogP) is 2.79. The lowest BCUT2D eigenvalue weighted by molar-refractivity contribution is -0.130. The molecule has 1 aliphatic rings. The molecule has 0 radical (unpaired) electrons. The second-order valence-electron chi connectivity index (χ2n) is 8.73. The molecule has 0 spiro atoms. The Labute approximate surface area is 193 Å². The summed E-state index contributed by atoms with van der Waals surface area (Å²) in [6, 6.07) is 9.74. The maximum atomic E-state index is 11.9. The van der Waals surface area contributed by atoms with E-state index in [2.05, 4.69) is 31.2 Å². The van der Waals surface area contributed by atoms with Crippen LogP contribution in [0.15, 0.2) is 34.9 Å². The first-order chi connectivity index (χ1) is 15.9. The molecule has 2 aromatic heterocycles. The number of oxazole rings is 1. The molecule has 0 bridgehead atoms. The molecule has 1 unspecified atom stereocenters. The molecular weight excluding hydrogens is 418 g/mol. The number of anilines is 1. The van der Waals surface area contributed by atoms with Gasteiger partial charge < -0.3 is 14.6 Å². The lowest BCUT2D eigenvalue weighted by Crippen LogP contribution is -2.42. The van der Waals surface area contributed by atoms with Crippen molar-refractivity contribution in [2.45, 2.75) is 25.7 Å². The highest BCUT2D eigenvalue weighted by atomic mass is 16.3. The van der Waals surface area contributed by atoms with Crippen LogP contribution in [0, 0.1) is 24.2 Å². The molecule has 1 fully saturated rings. The first kappa shape index (κ1) is 22.7. The van der Waals surface area contributed by atoms with E-state index in [4.69, 9.17) is 4.42 Å². The molecule has 1 N–H and O–H groups in total. The van der Waals surface area contributed by atoms with Crippen LogP contribution >= 0.6 is 0 Å². The van der Waals surface area contributed by atoms with Gasteiger partial charge >= 0.3 is 0 Å². The van der Waals surface area contributed by atoms with Gasteiger partial charge in [0.15, 0.2) is 11.5 Å². The molecule has 172 valence electrons. The van der Waals surface area contributed by atoms with Gasteiger partial charge in [0, 0.05) is 26.8 Å². The third-order valence-electron chi connectivity index (χ3n) is 6.08. The standard InChI is InChI=1S/C24H29N7O2/c1-16-13-26-24(27-14-17-8-10-31(11-9-17)15-21(32)30(2)3)29-22(16)18(12-25)23-28-19-6-4-5-7-20(19)33-23/h4-7,13,17-18H,8-11,14-15H2,1-3H3,(H,26,27,29). The number of likely N-dealkylation sites (N-methyl/N-ethyl adjacent to an activating group) is 1. The number of piperidine rings is 1. The van der Waals surface area contributed by atoms with Crippen LogP contribution in [-0.4, -0.2) is 70.9 Å². The van der Waals surface area contributed by atoms with Gasteiger partial charge in [0.1, 0.15) is 5.52 Å². The smallest absolute Gasteiger partial charge is 0.236 e. The minimum absolute atomic E-state index is 0.137. The van der Waals surface area contributed by atoms with Crippen molar-refractivity contribution >= 4 is 23.0 Å². The first-order valence-electron chi connectivity index (χ1n) is 11.2. The van der Waals surface area contributed by atoms with Gasteiger partial charge in [0.2, 0.25) is 17.7 Å². The van der Waals surface area contributed by atoms with Crippen molar-refractivity contribution < 1.29 is 9.21 Å². The van der Waals surface area contributed by atoms with Crippen molar-refractivity contribution in [3.63, 3.8) is 0 Å². The summed E-state index contributed by atoms with van der Waals surface area (Å²) < 4.78 is 5.83. The zero-order chi connectivity index (χ0) is 23.4. The van der Waals surface area contributed by atoms with Gasteiger partial charge in [-0.1, -0.05) is 12.1 Å². The average molecular weight is 448 g/mol. The summed E-state index contributed by atoms with van der Waals surface area (Å²) in [5.74, 6) is 0.743. The topological polar surface area (TPSA) is 111 Å². The molecule has 1 atom stereocenters. The molecule has 3 heterocycles. The quantitative estimate of drug-likeness (QED) is 0.589. The number of aryl methyl sites for hydroxylation is 1. The van der Waals surface area contributed by atoms with Crippen LogP contribution in [0.5, 0.6) is 0 Å². The number of aromatic nitrogens is 3. The minimum Gasteiger partial charge on any atom is -0.439 e. The Balaban J connectivity index is 1.39.